The van der Waals surface area contributed by atoms with Gasteiger partial charge in [0.1, 0.15) is 12.2 Å². The van der Waals surface area contributed by atoms with Crippen molar-refractivity contribution in [1.29, 1.82) is 0 Å². The van der Waals surface area contributed by atoms with Gasteiger partial charge >= 0.3 is 0 Å². The first kappa shape index (κ1) is 17.5. The number of aryl methyl sites for hydroxylation is 1. The van der Waals surface area contributed by atoms with Crippen molar-refractivity contribution in [3.63, 3.8) is 0 Å². The van der Waals surface area contributed by atoms with Crippen molar-refractivity contribution in [3.05, 3.63) is 54.4 Å². The molecule has 0 bridgehead atoms. The minimum atomic E-state index is -0.208. The summed E-state index contributed by atoms with van der Waals surface area (Å²) in [5.41, 5.74) is 2.76. The Morgan fingerprint density at radius 1 is 1.22 bits per heavy atom. The highest BCUT2D eigenvalue weighted by Gasteiger charge is 2.22. The average molecular weight is 364 g/mol. The van der Waals surface area contributed by atoms with Gasteiger partial charge in [-0.15, -0.1) is 0 Å². The zero-order chi connectivity index (χ0) is 18.8. The number of nitrogens with one attached hydrogen (secondary N) is 1. The van der Waals surface area contributed by atoms with E-state index in [2.05, 4.69) is 26.7 Å². The smallest absolute Gasteiger partial charge is 0.251 e. The monoisotopic (exact) mass is 364 g/mol. The third-order valence-corrected chi connectivity index (χ3v) is 4.94. The fourth-order valence-corrected chi connectivity index (χ4v) is 3.19. The van der Waals surface area contributed by atoms with Crippen LogP contribution in [-0.4, -0.2) is 30.5 Å². The van der Waals surface area contributed by atoms with E-state index in [0.29, 0.717) is 5.56 Å². The lowest BCUT2D eigenvalue weighted by molar-refractivity contribution is 0.0937. The van der Waals surface area contributed by atoms with Crippen molar-refractivity contribution < 1.29 is 4.79 Å². The molecule has 1 aliphatic rings. The van der Waals surface area contributed by atoms with E-state index in [-0.39, 0.29) is 11.9 Å². The highest BCUT2D eigenvalue weighted by atomic mass is 16.1. The first-order chi connectivity index (χ1) is 13.1. The molecular weight excluding hydrogens is 340 g/mol. The third-order valence-electron chi connectivity index (χ3n) is 4.94. The molecular formula is C20H24N6O. The number of carbonyl (C=O) groups is 1. The molecule has 2 aromatic heterocycles. The van der Waals surface area contributed by atoms with Gasteiger partial charge in [0.25, 0.3) is 5.91 Å². The minimum absolute atomic E-state index is 0.121. The molecule has 0 saturated heterocycles. The minimum Gasteiger partial charge on any atom is -0.342 e. The molecule has 1 amide bonds. The Bertz CT molecular complexity index is 922. The van der Waals surface area contributed by atoms with Crippen LogP contribution in [0.25, 0.3) is 11.1 Å². The van der Waals surface area contributed by atoms with Crippen LogP contribution < -0.4 is 5.32 Å². The van der Waals surface area contributed by atoms with Gasteiger partial charge in [-0.3, -0.25) is 9.48 Å². The maximum atomic E-state index is 12.5. The maximum Gasteiger partial charge on any atom is 0.251 e. The number of carbonyl (C=O) groups excluding carboxylic acids is 1. The molecule has 1 aromatic carbocycles. The number of nitrogens with zero attached hydrogens (tertiary/aromatic N) is 5. The summed E-state index contributed by atoms with van der Waals surface area (Å²) < 4.78 is 3.80. The second-order valence-corrected chi connectivity index (χ2v) is 7.10. The van der Waals surface area contributed by atoms with Gasteiger partial charge in [0.2, 0.25) is 0 Å². The van der Waals surface area contributed by atoms with Crippen LogP contribution in [0.5, 0.6) is 0 Å². The largest absolute Gasteiger partial charge is 0.342 e. The lowest BCUT2D eigenvalue weighted by atomic mass is 10.1. The standard InChI is InChI=1S/C20H24N6O/c1-3-26-19(21-13-23-26)14(2)24-20(27)17-8-6-16(7-9-17)18-10-22-25(12-18)11-15-4-5-15/h6-10,12-15H,3-5,11H2,1-2H3,(H,24,27). The van der Waals surface area contributed by atoms with E-state index in [1.165, 1.54) is 19.2 Å². The van der Waals surface area contributed by atoms with Gasteiger partial charge < -0.3 is 5.32 Å². The van der Waals surface area contributed by atoms with Crippen LogP contribution in [0, 0.1) is 5.92 Å². The second kappa shape index (κ2) is 7.34. The fourth-order valence-electron chi connectivity index (χ4n) is 3.19. The summed E-state index contributed by atoms with van der Waals surface area (Å²) in [7, 11) is 0. The number of rotatable bonds is 7. The number of hydrogen-bond acceptors (Lipinski definition) is 4. The summed E-state index contributed by atoms with van der Waals surface area (Å²) in [6.45, 7) is 5.63. The first-order valence-corrected chi connectivity index (χ1v) is 9.45. The summed E-state index contributed by atoms with van der Waals surface area (Å²) in [6, 6.07) is 7.42. The van der Waals surface area contributed by atoms with E-state index >= 15 is 0 Å². The van der Waals surface area contributed by atoms with Crippen LogP contribution in [0.2, 0.25) is 0 Å². The third kappa shape index (κ3) is 3.92. The van der Waals surface area contributed by atoms with Crippen LogP contribution in [0.15, 0.2) is 43.0 Å². The van der Waals surface area contributed by atoms with Gasteiger partial charge in [0.15, 0.2) is 0 Å². The normalized spacial score (nSPS) is 14.9. The van der Waals surface area contributed by atoms with Crippen molar-refractivity contribution in [2.24, 2.45) is 5.92 Å². The quantitative estimate of drug-likeness (QED) is 0.699. The van der Waals surface area contributed by atoms with Crippen molar-refractivity contribution >= 4 is 5.91 Å². The topological polar surface area (TPSA) is 77.6 Å². The molecule has 7 heteroatoms. The van der Waals surface area contributed by atoms with Crippen LogP contribution in [-0.2, 0) is 13.1 Å². The van der Waals surface area contributed by atoms with Crippen molar-refractivity contribution in [3.8, 4) is 11.1 Å². The molecule has 0 aliphatic heterocycles. The molecule has 0 radical (unpaired) electrons. The molecule has 1 saturated carbocycles. The number of hydrogen-bond donors (Lipinski definition) is 1. The van der Waals surface area contributed by atoms with Crippen LogP contribution in [0.1, 0.15) is 48.9 Å². The van der Waals surface area contributed by atoms with Crippen LogP contribution in [0.3, 0.4) is 0 Å². The zero-order valence-electron chi connectivity index (χ0n) is 15.7. The highest BCUT2D eigenvalue weighted by Crippen LogP contribution is 2.31. The van der Waals surface area contributed by atoms with E-state index in [0.717, 1.165) is 36.0 Å². The number of benzene rings is 1. The van der Waals surface area contributed by atoms with E-state index in [9.17, 15) is 4.79 Å². The molecule has 140 valence electrons. The summed E-state index contributed by atoms with van der Waals surface area (Å²) in [5, 5.41) is 11.6. The van der Waals surface area contributed by atoms with Gasteiger partial charge in [-0.05, 0) is 50.3 Å². The van der Waals surface area contributed by atoms with E-state index in [1.807, 2.05) is 49.0 Å². The van der Waals surface area contributed by atoms with E-state index < -0.39 is 0 Å². The Balaban J connectivity index is 1.42. The van der Waals surface area contributed by atoms with Crippen LogP contribution in [0.4, 0.5) is 0 Å². The molecule has 1 unspecified atom stereocenters. The first-order valence-electron chi connectivity index (χ1n) is 9.45. The summed E-state index contributed by atoms with van der Waals surface area (Å²) >= 11 is 0. The maximum absolute atomic E-state index is 12.5. The lowest BCUT2D eigenvalue weighted by Crippen LogP contribution is -2.28. The molecule has 1 N–H and O–H groups in total. The van der Waals surface area contributed by atoms with E-state index in [1.54, 1.807) is 4.68 Å². The summed E-state index contributed by atoms with van der Waals surface area (Å²) in [4.78, 5) is 16.8. The van der Waals surface area contributed by atoms with Gasteiger partial charge in [-0.1, -0.05) is 12.1 Å². The Hall–Kier alpha value is -2.96. The van der Waals surface area contributed by atoms with E-state index in [4.69, 9.17) is 0 Å². The molecule has 2 heterocycles. The number of aromatic nitrogens is 5. The Morgan fingerprint density at radius 2 is 2.00 bits per heavy atom. The Morgan fingerprint density at radius 3 is 2.70 bits per heavy atom. The molecule has 1 aliphatic carbocycles. The molecule has 1 atom stereocenters. The Kier molecular flexibility index (Phi) is 4.75. The summed E-state index contributed by atoms with van der Waals surface area (Å²) in [5.74, 6) is 1.43. The van der Waals surface area contributed by atoms with Gasteiger partial charge in [0.05, 0.1) is 12.2 Å². The second-order valence-electron chi connectivity index (χ2n) is 7.10. The predicted octanol–water partition coefficient (Wildman–Crippen LogP) is 3.06. The molecule has 27 heavy (non-hydrogen) atoms. The molecule has 1 fully saturated rings. The van der Waals surface area contributed by atoms with Gasteiger partial charge in [0, 0.05) is 30.4 Å². The van der Waals surface area contributed by atoms with Gasteiger partial charge in [-0.2, -0.15) is 10.2 Å². The van der Waals surface area contributed by atoms with Crippen molar-refractivity contribution in [2.75, 3.05) is 0 Å². The molecule has 7 nitrogen and oxygen atoms in total. The van der Waals surface area contributed by atoms with Gasteiger partial charge in [-0.25, -0.2) is 9.67 Å². The molecule has 3 aromatic rings. The predicted molar refractivity (Wildman–Crippen MR) is 102 cm³/mol. The van der Waals surface area contributed by atoms with Crippen LogP contribution >= 0.6 is 0 Å². The average Bonchev–Trinajstić information content (AvgIpc) is 3.18. The fraction of sp³-hybridized carbons (Fsp3) is 0.400. The SMILES string of the molecule is CCn1ncnc1C(C)NC(=O)c1ccc(-c2cnn(CC3CC3)c2)cc1. The highest BCUT2D eigenvalue weighted by molar-refractivity contribution is 5.94. The molecule has 0 spiro atoms. The summed E-state index contributed by atoms with van der Waals surface area (Å²) in [6.07, 6.45) is 8.10. The Labute approximate surface area is 158 Å². The van der Waals surface area contributed by atoms with Crippen molar-refractivity contribution in [2.45, 2.75) is 45.8 Å². The lowest BCUT2D eigenvalue weighted by Gasteiger charge is -2.14. The molecule has 4 rings (SSSR count). The number of amides is 1. The zero-order valence-corrected chi connectivity index (χ0v) is 15.7. The van der Waals surface area contributed by atoms with Crippen molar-refractivity contribution in [1.82, 2.24) is 29.9 Å².